The number of benzene rings is 2. The van der Waals surface area contributed by atoms with Gasteiger partial charge in [-0.2, -0.15) is 0 Å². The third-order valence-corrected chi connectivity index (χ3v) is 6.77. The summed E-state index contributed by atoms with van der Waals surface area (Å²) in [5.74, 6) is 0.408. The Hall–Kier alpha value is -2.29. The van der Waals surface area contributed by atoms with Gasteiger partial charge in [-0.15, -0.1) is 0 Å². The molecule has 2 aromatic carbocycles. The number of ketones is 1. The second-order valence-corrected chi connectivity index (χ2v) is 9.88. The highest BCUT2D eigenvalue weighted by atomic mass is 16.5. The lowest BCUT2D eigenvalue weighted by Gasteiger charge is -2.09. The summed E-state index contributed by atoms with van der Waals surface area (Å²) in [6.07, 6.45) is 23.1. The molecule has 3 nitrogen and oxygen atoms in total. The second kappa shape index (κ2) is 19.0. The summed E-state index contributed by atoms with van der Waals surface area (Å²) in [5, 5.41) is 10.3. The molecule has 0 fully saturated rings. The maximum absolute atomic E-state index is 12.5. The molecule has 0 saturated carbocycles. The first-order valence-electron chi connectivity index (χ1n) is 14.3. The van der Waals surface area contributed by atoms with E-state index in [0.29, 0.717) is 23.5 Å². The molecule has 0 bridgehead atoms. The molecule has 3 heteroatoms. The number of carbonyl (C=O) groups is 1. The number of rotatable bonds is 21. The van der Waals surface area contributed by atoms with E-state index < -0.39 is 0 Å². The molecule has 0 atom stereocenters. The highest BCUT2D eigenvalue weighted by molar-refractivity contribution is 6.10. The predicted molar refractivity (Wildman–Crippen MR) is 148 cm³/mol. The fourth-order valence-corrected chi connectivity index (χ4v) is 4.56. The topological polar surface area (TPSA) is 46.5 Å². The summed E-state index contributed by atoms with van der Waals surface area (Å²) >= 11 is 0. The maximum Gasteiger partial charge on any atom is 0.196 e. The monoisotopic (exact) mass is 480 g/mol. The summed E-state index contributed by atoms with van der Waals surface area (Å²) in [4.78, 5) is 12.5. The van der Waals surface area contributed by atoms with Crippen molar-refractivity contribution in [2.24, 2.45) is 0 Å². The molecule has 1 N–H and O–H groups in total. The molecule has 2 rings (SSSR count). The van der Waals surface area contributed by atoms with Crippen LogP contribution in [0.4, 0.5) is 0 Å². The third-order valence-electron chi connectivity index (χ3n) is 6.77. The van der Waals surface area contributed by atoms with Crippen molar-refractivity contribution < 1.29 is 14.6 Å². The number of hydrogen-bond acceptors (Lipinski definition) is 3. The van der Waals surface area contributed by atoms with Gasteiger partial charge in [0.25, 0.3) is 0 Å². The lowest BCUT2D eigenvalue weighted by atomic mass is 10.0. The van der Waals surface area contributed by atoms with Crippen LogP contribution in [0.3, 0.4) is 0 Å². The summed E-state index contributed by atoms with van der Waals surface area (Å²) in [7, 11) is 0. The van der Waals surface area contributed by atoms with Crippen molar-refractivity contribution in [1.82, 2.24) is 0 Å². The van der Waals surface area contributed by atoms with E-state index in [1.807, 2.05) is 18.2 Å². The van der Waals surface area contributed by atoms with Gasteiger partial charge in [-0.05, 0) is 18.6 Å². The molecule has 0 heterocycles. The minimum atomic E-state index is -0.178. The normalized spacial score (nSPS) is 11.0. The van der Waals surface area contributed by atoms with E-state index in [-0.39, 0.29) is 11.5 Å². The Kier molecular flexibility index (Phi) is 15.7. The Bertz CT molecular complexity index is 800. The SMILES string of the molecule is CCCCCCCCCCCCCCCCCCCOc1ccc(C(=O)c2ccccc2)c(O)c1. The minimum absolute atomic E-state index is 0.0289. The Morgan fingerprint density at radius 2 is 1.14 bits per heavy atom. The largest absolute Gasteiger partial charge is 0.507 e. The average molecular weight is 481 g/mol. The molecular weight excluding hydrogens is 432 g/mol. The van der Waals surface area contributed by atoms with E-state index in [0.717, 1.165) is 6.42 Å². The molecule has 0 aromatic heterocycles. The van der Waals surface area contributed by atoms with Gasteiger partial charge in [-0.1, -0.05) is 140 Å². The van der Waals surface area contributed by atoms with Crippen LogP contribution >= 0.6 is 0 Å². The van der Waals surface area contributed by atoms with Gasteiger partial charge in [-0.3, -0.25) is 4.79 Å². The van der Waals surface area contributed by atoms with Crippen molar-refractivity contribution in [1.29, 1.82) is 0 Å². The van der Waals surface area contributed by atoms with Gasteiger partial charge < -0.3 is 9.84 Å². The van der Waals surface area contributed by atoms with Crippen molar-refractivity contribution in [3.63, 3.8) is 0 Å². The van der Waals surface area contributed by atoms with E-state index in [4.69, 9.17) is 4.74 Å². The van der Waals surface area contributed by atoms with Crippen LogP contribution in [0, 0.1) is 0 Å². The van der Waals surface area contributed by atoms with Crippen LogP contribution in [0.5, 0.6) is 11.5 Å². The fourth-order valence-electron chi connectivity index (χ4n) is 4.56. The average Bonchev–Trinajstić information content (AvgIpc) is 2.88. The number of phenolic OH excluding ortho intramolecular Hbond substituents is 1. The number of ether oxygens (including phenoxy) is 1. The van der Waals surface area contributed by atoms with Crippen molar-refractivity contribution in [3.05, 3.63) is 59.7 Å². The highest BCUT2D eigenvalue weighted by Gasteiger charge is 2.14. The standard InChI is InChI=1S/C32H48O3/c1-2-3-4-5-6-7-8-9-10-11-12-13-14-15-16-17-21-26-35-29-24-25-30(31(33)27-29)32(34)28-22-19-18-20-23-28/h18-20,22-25,27,33H,2-17,21,26H2,1H3. The molecule has 0 radical (unpaired) electrons. The molecule has 0 amide bonds. The number of unbranched alkanes of at least 4 members (excludes halogenated alkanes) is 16. The zero-order chi connectivity index (χ0) is 25.0. The van der Waals surface area contributed by atoms with Gasteiger partial charge in [-0.25, -0.2) is 0 Å². The minimum Gasteiger partial charge on any atom is -0.507 e. The van der Waals surface area contributed by atoms with Crippen LogP contribution in [-0.4, -0.2) is 17.5 Å². The predicted octanol–water partition coefficient (Wildman–Crippen LogP) is 9.65. The van der Waals surface area contributed by atoms with Crippen LogP contribution in [-0.2, 0) is 0 Å². The molecule has 0 unspecified atom stereocenters. The summed E-state index contributed by atoms with van der Waals surface area (Å²) in [5.41, 5.74) is 0.876. The van der Waals surface area contributed by atoms with E-state index >= 15 is 0 Å². The Labute approximate surface area is 214 Å². The summed E-state index contributed by atoms with van der Waals surface area (Å²) in [6.45, 7) is 2.92. The molecular formula is C32H48O3. The highest BCUT2D eigenvalue weighted by Crippen LogP contribution is 2.26. The zero-order valence-electron chi connectivity index (χ0n) is 22.1. The van der Waals surface area contributed by atoms with E-state index in [9.17, 15) is 9.90 Å². The maximum atomic E-state index is 12.5. The lowest BCUT2D eigenvalue weighted by molar-refractivity contribution is 0.103. The van der Waals surface area contributed by atoms with Crippen molar-refractivity contribution >= 4 is 5.78 Å². The lowest BCUT2D eigenvalue weighted by Crippen LogP contribution is -2.02. The van der Waals surface area contributed by atoms with Crippen LogP contribution < -0.4 is 4.74 Å². The van der Waals surface area contributed by atoms with E-state index in [2.05, 4.69) is 6.92 Å². The molecule has 0 saturated heterocycles. The van der Waals surface area contributed by atoms with Gasteiger partial charge in [0.15, 0.2) is 5.78 Å². The molecule has 194 valence electrons. The van der Waals surface area contributed by atoms with E-state index in [1.54, 1.807) is 30.3 Å². The summed E-state index contributed by atoms with van der Waals surface area (Å²) in [6, 6.07) is 14.0. The van der Waals surface area contributed by atoms with Crippen molar-refractivity contribution in [2.45, 2.75) is 116 Å². The Morgan fingerprint density at radius 1 is 0.657 bits per heavy atom. The fraction of sp³-hybridized carbons (Fsp3) is 0.594. The number of hydrogen-bond donors (Lipinski definition) is 1. The van der Waals surface area contributed by atoms with Crippen LogP contribution in [0.15, 0.2) is 48.5 Å². The molecule has 0 aliphatic carbocycles. The number of phenols is 1. The van der Waals surface area contributed by atoms with Crippen LogP contribution in [0.1, 0.15) is 132 Å². The summed E-state index contributed by atoms with van der Waals surface area (Å²) < 4.78 is 5.78. The van der Waals surface area contributed by atoms with Gasteiger partial charge in [0.1, 0.15) is 11.5 Å². The van der Waals surface area contributed by atoms with Crippen LogP contribution in [0.25, 0.3) is 0 Å². The molecule has 0 spiro atoms. The van der Waals surface area contributed by atoms with Crippen molar-refractivity contribution in [2.75, 3.05) is 6.61 Å². The molecule has 2 aromatic rings. The number of aromatic hydroxyl groups is 1. The molecule has 35 heavy (non-hydrogen) atoms. The first kappa shape index (κ1) is 28.9. The second-order valence-electron chi connectivity index (χ2n) is 9.88. The third kappa shape index (κ3) is 12.8. The van der Waals surface area contributed by atoms with Gasteiger partial charge >= 0.3 is 0 Å². The Balaban J connectivity index is 1.42. The van der Waals surface area contributed by atoms with Gasteiger partial charge in [0.05, 0.1) is 12.2 Å². The van der Waals surface area contributed by atoms with Crippen LogP contribution in [0.2, 0.25) is 0 Å². The first-order chi connectivity index (χ1) is 17.2. The zero-order valence-corrected chi connectivity index (χ0v) is 22.1. The smallest absolute Gasteiger partial charge is 0.196 e. The number of carbonyl (C=O) groups excluding carboxylic acids is 1. The van der Waals surface area contributed by atoms with Crippen molar-refractivity contribution in [3.8, 4) is 11.5 Å². The molecule has 0 aliphatic heterocycles. The first-order valence-corrected chi connectivity index (χ1v) is 14.3. The van der Waals surface area contributed by atoms with Gasteiger partial charge in [0.2, 0.25) is 0 Å². The molecule has 0 aliphatic rings. The van der Waals surface area contributed by atoms with E-state index in [1.165, 1.54) is 103 Å². The quantitative estimate of drug-likeness (QED) is 0.143. The Morgan fingerprint density at radius 3 is 1.63 bits per heavy atom. The van der Waals surface area contributed by atoms with Gasteiger partial charge in [0, 0.05) is 11.6 Å².